The average molecular weight is 334 g/mol. The van der Waals surface area contributed by atoms with Gasteiger partial charge < -0.3 is 10.1 Å². The smallest absolute Gasteiger partial charge is 0.307 e. The summed E-state index contributed by atoms with van der Waals surface area (Å²) >= 11 is 12.4. The van der Waals surface area contributed by atoms with E-state index < -0.39 is 5.97 Å². The van der Waals surface area contributed by atoms with Gasteiger partial charge in [-0.3, -0.25) is 4.79 Å². The fraction of sp³-hybridized carbons (Fsp3) is 0.118. The number of aliphatic carboxylic acids is 1. The molecule has 0 unspecified atom stereocenters. The Morgan fingerprint density at radius 3 is 2.55 bits per heavy atom. The number of rotatable bonds is 3. The summed E-state index contributed by atoms with van der Waals surface area (Å²) in [5.74, 6) is -0.887. The Kier molecular flexibility index (Phi) is 3.85. The van der Waals surface area contributed by atoms with Crippen molar-refractivity contribution in [1.82, 2.24) is 4.98 Å². The molecule has 0 radical (unpaired) electrons. The molecule has 0 aliphatic rings. The van der Waals surface area contributed by atoms with E-state index in [9.17, 15) is 9.90 Å². The zero-order chi connectivity index (χ0) is 15.9. The van der Waals surface area contributed by atoms with Gasteiger partial charge in [0.15, 0.2) is 0 Å². The van der Waals surface area contributed by atoms with Crippen LogP contribution in [0.15, 0.2) is 36.4 Å². The maximum Gasteiger partial charge on any atom is 0.307 e. The van der Waals surface area contributed by atoms with Crippen molar-refractivity contribution in [2.45, 2.75) is 13.3 Å². The molecule has 3 nitrogen and oxygen atoms in total. The first-order valence-electron chi connectivity index (χ1n) is 6.75. The summed E-state index contributed by atoms with van der Waals surface area (Å²) in [4.78, 5) is 14.6. The van der Waals surface area contributed by atoms with E-state index in [1.807, 2.05) is 31.2 Å². The van der Waals surface area contributed by atoms with E-state index in [-0.39, 0.29) is 6.42 Å². The summed E-state index contributed by atoms with van der Waals surface area (Å²) in [7, 11) is 0. The molecule has 112 valence electrons. The second-order valence-electron chi connectivity index (χ2n) is 5.12. The lowest BCUT2D eigenvalue weighted by Gasteiger charge is -2.05. The first-order chi connectivity index (χ1) is 10.5. The van der Waals surface area contributed by atoms with E-state index >= 15 is 0 Å². The molecule has 0 amide bonds. The molecule has 2 aromatic carbocycles. The van der Waals surface area contributed by atoms with Crippen LogP contribution in [0.3, 0.4) is 0 Å². The van der Waals surface area contributed by atoms with Crippen LogP contribution in [0.1, 0.15) is 11.1 Å². The number of carboxylic acids is 1. The van der Waals surface area contributed by atoms with Gasteiger partial charge in [0.25, 0.3) is 0 Å². The monoisotopic (exact) mass is 333 g/mol. The summed E-state index contributed by atoms with van der Waals surface area (Å²) < 4.78 is 0. The fourth-order valence-corrected chi connectivity index (χ4v) is 3.05. The van der Waals surface area contributed by atoms with Crippen molar-refractivity contribution in [1.29, 1.82) is 0 Å². The molecule has 2 N–H and O–H groups in total. The highest BCUT2D eigenvalue weighted by Crippen LogP contribution is 2.37. The van der Waals surface area contributed by atoms with Crippen molar-refractivity contribution in [3.8, 4) is 11.3 Å². The average Bonchev–Trinajstić information content (AvgIpc) is 2.82. The molecule has 22 heavy (non-hydrogen) atoms. The second-order valence-corrected chi connectivity index (χ2v) is 5.94. The Bertz CT molecular complexity index is 884. The number of aromatic amines is 1. The standard InChI is InChI=1S/C17H13Cl2NO2/c1-9-13(18)7-6-10-12(8-15(21)22)17(20-16(9)10)11-4-2-3-5-14(11)19/h2-7,20H,8H2,1H3,(H,21,22). The van der Waals surface area contributed by atoms with Gasteiger partial charge >= 0.3 is 5.97 Å². The van der Waals surface area contributed by atoms with Gasteiger partial charge in [-0.15, -0.1) is 0 Å². The molecule has 0 atom stereocenters. The Morgan fingerprint density at radius 1 is 1.14 bits per heavy atom. The minimum absolute atomic E-state index is 0.0817. The van der Waals surface area contributed by atoms with Crippen molar-refractivity contribution in [3.63, 3.8) is 0 Å². The molecule has 0 aliphatic carbocycles. The van der Waals surface area contributed by atoms with Gasteiger partial charge in [0, 0.05) is 21.0 Å². The number of aromatic nitrogens is 1. The molecule has 0 spiro atoms. The Morgan fingerprint density at radius 2 is 1.86 bits per heavy atom. The second kappa shape index (κ2) is 5.67. The van der Waals surface area contributed by atoms with Crippen molar-refractivity contribution >= 4 is 40.1 Å². The lowest BCUT2D eigenvalue weighted by molar-refractivity contribution is -0.136. The molecule has 3 rings (SSSR count). The largest absolute Gasteiger partial charge is 0.481 e. The maximum atomic E-state index is 11.3. The minimum Gasteiger partial charge on any atom is -0.481 e. The van der Waals surface area contributed by atoms with Crippen molar-refractivity contribution in [2.24, 2.45) is 0 Å². The number of fused-ring (bicyclic) bond motifs is 1. The lowest BCUT2D eigenvalue weighted by atomic mass is 10.0. The topological polar surface area (TPSA) is 53.1 Å². The van der Waals surface area contributed by atoms with E-state index in [1.165, 1.54) is 0 Å². The summed E-state index contributed by atoms with van der Waals surface area (Å²) in [5.41, 5.74) is 3.97. The predicted octanol–water partition coefficient (Wildman–Crippen LogP) is 5.08. The van der Waals surface area contributed by atoms with Crippen LogP contribution in [-0.2, 0) is 11.2 Å². The van der Waals surface area contributed by atoms with Crippen LogP contribution >= 0.6 is 23.2 Å². The first-order valence-corrected chi connectivity index (χ1v) is 7.51. The van der Waals surface area contributed by atoms with E-state index in [0.29, 0.717) is 10.0 Å². The van der Waals surface area contributed by atoms with Crippen LogP contribution in [0.25, 0.3) is 22.2 Å². The molecule has 1 aromatic heterocycles. The highest BCUT2D eigenvalue weighted by atomic mass is 35.5. The summed E-state index contributed by atoms with van der Waals surface area (Å²) in [5, 5.41) is 11.3. The number of benzene rings is 2. The fourth-order valence-electron chi connectivity index (χ4n) is 2.66. The molecule has 0 saturated heterocycles. The molecule has 0 bridgehead atoms. The van der Waals surface area contributed by atoms with Crippen LogP contribution < -0.4 is 0 Å². The van der Waals surface area contributed by atoms with Crippen molar-refractivity contribution in [2.75, 3.05) is 0 Å². The van der Waals surface area contributed by atoms with E-state index in [2.05, 4.69) is 4.98 Å². The van der Waals surface area contributed by atoms with Gasteiger partial charge in [-0.05, 0) is 30.2 Å². The third kappa shape index (κ3) is 2.47. The van der Waals surface area contributed by atoms with Crippen molar-refractivity contribution in [3.05, 3.63) is 57.6 Å². The number of nitrogens with one attached hydrogen (secondary N) is 1. The highest BCUT2D eigenvalue weighted by molar-refractivity contribution is 6.33. The Hall–Kier alpha value is -1.97. The molecular formula is C17H13Cl2NO2. The SMILES string of the molecule is Cc1c(Cl)ccc2c(CC(=O)O)c(-c3ccccc3Cl)[nH]c12. The summed E-state index contributed by atoms with van der Waals surface area (Å²) in [6.07, 6.45) is -0.0817. The van der Waals surface area contributed by atoms with E-state index in [0.717, 1.165) is 33.3 Å². The number of H-pyrrole nitrogens is 1. The lowest BCUT2D eigenvalue weighted by Crippen LogP contribution is -2.01. The van der Waals surface area contributed by atoms with Gasteiger partial charge in [0.2, 0.25) is 0 Å². The first kappa shape index (κ1) is 14.9. The van der Waals surface area contributed by atoms with Gasteiger partial charge in [-0.25, -0.2) is 0 Å². The van der Waals surface area contributed by atoms with E-state index in [1.54, 1.807) is 12.1 Å². The van der Waals surface area contributed by atoms with Crippen LogP contribution in [0, 0.1) is 6.92 Å². The van der Waals surface area contributed by atoms with Crippen molar-refractivity contribution < 1.29 is 9.90 Å². The molecule has 0 aliphatic heterocycles. The molecule has 1 heterocycles. The van der Waals surface area contributed by atoms with Gasteiger partial charge in [-0.2, -0.15) is 0 Å². The summed E-state index contributed by atoms with van der Waals surface area (Å²) in [6.45, 7) is 1.90. The number of hydrogen-bond acceptors (Lipinski definition) is 1. The maximum absolute atomic E-state index is 11.3. The Balaban J connectivity index is 2.36. The predicted molar refractivity (Wildman–Crippen MR) is 89.8 cm³/mol. The molecular weight excluding hydrogens is 321 g/mol. The highest BCUT2D eigenvalue weighted by Gasteiger charge is 2.19. The van der Waals surface area contributed by atoms with Crippen LogP contribution in [0.4, 0.5) is 0 Å². The van der Waals surface area contributed by atoms with Gasteiger partial charge in [-0.1, -0.05) is 47.5 Å². The minimum atomic E-state index is -0.887. The zero-order valence-corrected chi connectivity index (χ0v) is 13.3. The number of carbonyl (C=O) groups is 1. The number of aryl methyl sites for hydroxylation is 1. The van der Waals surface area contributed by atoms with E-state index in [4.69, 9.17) is 23.2 Å². The zero-order valence-electron chi connectivity index (χ0n) is 11.8. The van der Waals surface area contributed by atoms with Crippen LogP contribution in [-0.4, -0.2) is 16.1 Å². The number of hydrogen-bond donors (Lipinski definition) is 2. The molecule has 5 heteroatoms. The number of halogens is 2. The molecule has 3 aromatic rings. The summed E-state index contributed by atoms with van der Waals surface area (Å²) in [6, 6.07) is 11.0. The molecule has 0 fully saturated rings. The van der Waals surface area contributed by atoms with Crippen LogP contribution in [0.2, 0.25) is 10.0 Å². The third-order valence-electron chi connectivity index (χ3n) is 3.75. The molecule has 0 saturated carbocycles. The van der Waals surface area contributed by atoms with Gasteiger partial charge in [0.1, 0.15) is 0 Å². The third-order valence-corrected chi connectivity index (χ3v) is 4.49. The number of carboxylic acid groups (broad SMARTS) is 1. The quantitative estimate of drug-likeness (QED) is 0.702. The Labute approximate surface area is 137 Å². The van der Waals surface area contributed by atoms with Gasteiger partial charge in [0.05, 0.1) is 17.6 Å². The normalized spacial score (nSPS) is 11.0. The van der Waals surface area contributed by atoms with Crippen LogP contribution in [0.5, 0.6) is 0 Å².